The van der Waals surface area contributed by atoms with Crippen LogP contribution in [0.25, 0.3) is 0 Å². The van der Waals surface area contributed by atoms with Gasteiger partial charge in [0.1, 0.15) is 0 Å². The number of ether oxygens (including phenoxy) is 1. The Labute approximate surface area is 82.3 Å². The number of hydrazine groups is 1. The molecule has 1 saturated heterocycles. The number of nitrogens with one attached hydrogen (secondary N) is 3. The third kappa shape index (κ3) is 3.21. The predicted octanol–water partition coefficient (Wildman–Crippen LogP) is -0.484. The first kappa shape index (κ1) is 10.8. The van der Waals surface area contributed by atoms with Gasteiger partial charge in [0.05, 0.1) is 12.6 Å². The van der Waals surface area contributed by atoms with Gasteiger partial charge >= 0.3 is 6.09 Å². The number of carbonyl (C=O) groups is 2. The molecule has 1 atom stereocenters. The predicted molar refractivity (Wildman–Crippen MR) is 49.3 cm³/mol. The summed E-state index contributed by atoms with van der Waals surface area (Å²) in [7, 11) is 0. The normalized spacial score (nSPS) is 20.2. The molecule has 0 aromatic rings. The number of carbonyl (C=O) groups excluding carboxylic acids is 2. The zero-order chi connectivity index (χ0) is 10.4. The molecular weight excluding hydrogens is 186 g/mol. The molecule has 0 radical (unpaired) electrons. The van der Waals surface area contributed by atoms with Crippen molar-refractivity contribution in [2.24, 2.45) is 0 Å². The second-order valence-electron chi connectivity index (χ2n) is 2.98. The van der Waals surface area contributed by atoms with Gasteiger partial charge in [0.15, 0.2) is 0 Å². The Bertz CT molecular complexity index is 214. The average molecular weight is 201 g/mol. The maximum absolute atomic E-state index is 11.3. The topological polar surface area (TPSA) is 79.5 Å². The molecule has 14 heavy (non-hydrogen) atoms. The van der Waals surface area contributed by atoms with Gasteiger partial charge in [0.2, 0.25) is 0 Å². The summed E-state index contributed by atoms with van der Waals surface area (Å²) in [6.07, 6.45) is 1.15. The number of hydrogen-bond donors (Lipinski definition) is 3. The Balaban J connectivity index is 2.17. The Morgan fingerprint density at radius 3 is 2.86 bits per heavy atom. The zero-order valence-corrected chi connectivity index (χ0v) is 8.13. The Kier molecular flexibility index (Phi) is 4.18. The lowest BCUT2D eigenvalue weighted by atomic mass is 10.2. The van der Waals surface area contributed by atoms with E-state index in [0.29, 0.717) is 0 Å². The van der Waals surface area contributed by atoms with Crippen LogP contribution in [0, 0.1) is 0 Å². The Morgan fingerprint density at radius 2 is 2.29 bits per heavy atom. The van der Waals surface area contributed by atoms with Gasteiger partial charge in [-0.3, -0.25) is 10.2 Å². The summed E-state index contributed by atoms with van der Waals surface area (Å²) >= 11 is 0. The number of amides is 2. The minimum atomic E-state index is -0.640. The van der Waals surface area contributed by atoms with Crippen molar-refractivity contribution in [3.05, 3.63) is 0 Å². The summed E-state index contributed by atoms with van der Waals surface area (Å²) < 4.78 is 4.57. The van der Waals surface area contributed by atoms with Gasteiger partial charge in [-0.15, -0.1) is 0 Å². The van der Waals surface area contributed by atoms with Gasteiger partial charge in [-0.2, -0.15) is 0 Å². The highest BCUT2D eigenvalue weighted by atomic mass is 16.5. The van der Waals surface area contributed by atoms with Gasteiger partial charge in [0, 0.05) is 0 Å². The standard InChI is InChI=1S/C8H15N3O3/c1-2-14-8(13)11-10-7(12)6-4-3-5-9-6/h6,9H,2-5H2,1H3,(H,10,12)(H,11,13). The van der Waals surface area contributed by atoms with Gasteiger partial charge in [-0.1, -0.05) is 0 Å². The summed E-state index contributed by atoms with van der Waals surface area (Å²) in [5.74, 6) is -0.226. The molecule has 1 unspecified atom stereocenters. The lowest BCUT2D eigenvalue weighted by Crippen LogP contribution is -2.49. The molecule has 0 bridgehead atoms. The van der Waals surface area contributed by atoms with E-state index in [1.807, 2.05) is 0 Å². The fourth-order valence-corrected chi connectivity index (χ4v) is 1.28. The van der Waals surface area contributed by atoms with Crippen molar-refractivity contribution in [3.8, 4) is 0 Å². The molecule has 0 aliphatic carbocycles. The summed E-state index contributed by atoms with van der Waals surface area (Å²) in [6, 6.07) is -0.197. The molecule has 3 N–H and O–H groups in total. The molecule has 0 saturated carbocycles. The first-order valence-electron chi connectivity index (χ1n) is 4.70. The minimum absolute atomic E-state index is 0.197. The van der Waals surface area contributed by atoms with E-state index in [1.165, 1.54) is 0 Å². The van der Waals surface area contributed by atoms with E-state index in [-0.39, 0.29) is 18.6 Å². The van der Waals surface area contributed by atoms with Crippen LogP contribution in [0.4, 0.5) is 4.79 Å². The third-order valence-corrected chi connectivity index (χ3v) is 1.94. The second-order valence-corrected chi connectivity index (χ2v) is 2.98. The lowest BCUT2D eigenvalue weighted by molar-refractivity contribution is -0.123. The van der Waals surface area contributed by atoms with E-state index in [0.717, 1.165) is 19.4 Å². The molecule has 0 aromatic carbocycles. The fraction of sp³-hybridized carbons (Fsp3) is 0.750. The minimum Gasteiger partial charge on any atom is -0.449 e. The van der Waals surface area contributed by atoms with E-state index in [2.05, 4.69) is 20.9 Å². The van der Waals surface area contributed by atoms with E-state index < -0.39 is 6.09 Å². The molecule has 0 spiro atoms. The SMILES string of the molecule is CCOC(=O)NNC(=O)C1CCCN1. The Hall–Kier alpha value is -1.30. The molecule has 0 aromatic heterocycles. The molecule has 6 heteroatoms. The van der Waals surface area contributed by atoms with Gasteiger partial charge in [0.25, 0.3) is 5.91 Å². The first-order valence-corrected chi connectivity index (χ1v) is 4.70. The molecule has 6 nitrogen and oxygen atoms in total. The molecule has 1 rings (SSSR count). The van der Waals surface area contributed by atoms with Crippen molar-refractivity contribution in [2.75, 3.05) is 13.2 Å². The van der Waals surface area contributed by atoms with Crippen molar-refractivity contribution >= 4 is 12.0 Å². The van der Waals surface area contributed by atoms with Crippen molar-refractivity contribution in [2.45, 2.75) is 25.8 Å². The molecule has 1 fully saturated rings. The molecular formula is C8H15N3O3. The van der Waals surface area contributed by atoms with Crippen molar-refractivity contribution in [1.82, 2.24) is 16.2 Å². The van der Waals surface area contributed by atoms with Crippen LogP contribution in [0.3, 0.4) is 0 Å². The van der Waals surface area contributed by atoms with Crippen LogP contribution in [-0.2, 0) is 9.53 Å². The van der Waals surface area contributed by atoms with Gasteiger partial charge in [-0.05, 0) is 26.3 Å². The maximum atomic E-state index is 11.3. The zero-order valence-electron chi connectivity index (χ0n) is 8.13. The quantitative estimate of drug-likeness (QED) is 0.527. The highest BCUT2D eigenvalue weighted by Crippen LogP contribution is 2.03. The van der Waals surface area contributed by atoms with Crippen molar-refractivity contribution in [3.63, 3.8) is 0 Å². The van der Waals surface area contributed by atoms with Crippen LogP contribution in [-0.4, -0.2) is 31.2 Å². The third-order valence-electron chi connectivity index (χ3n) is 1.94. The molecule has 1 heterocycles. The summed E-state index contributed by atoms with van der Waals surface area (Å²) in [6.45, 7) is 2.82. The smallest absolute Gasteiger partial charge is 0.426 e. The monoisotopic (exact) mass is 201 g/mol. The molecule has 80 valence electrons. The van der Waals surface area contributed by atoms with Crippen LogP contribution in [0.5, 0.6) is 0 Å². The maximum Gasteiger partial charge on any atom is 0.426 e. The van der Waals surface area contributed by atoms with Gasteiger partial charge < -0.3 is 10.1 Å². The van der Waals surface area contributed by atoms with Crippen LogP contribution < -0.4 is 16.2 Å². The average Bonchev–Trinajstić information content (AvgIpc) is 2.67. The largest absolute Gasteiger partial charge is 0.449 e. The van der Waals surface area contributed by atoms with Crippen molar-refractivity contribution in [1.29, 1.82) is 0 Å². The van der Waals surface area contributed by atoms with Crippen LogP contribution in [0.1, 0.15) is 19.8 Å². The van der Waals surface area contributed by atoms with E-state index in [1.54, 1.807) is 6.92 Å². The van der Waals surface area contributed by atoms with E-state index in [9.17, 15) is 9.59 Å². The summed E-state index contributed by atoms with van der Waals surface area (Å²) in [5.41, 5.74) is 4.44. The number of rotatable bonds is 2. The fourth-order valence-electron chi connectivity index (χ4n) is 1.28. The lowest BCUT2D eigenvalue weighted by Gasteiger charge is -2.11. The van der Waals surface area contributed by atoms with E-state index in [4.69, 9.17) is 0 Å². The second kappa shape index (κ2) is 5.43. The van der Waals surface area contributed by atoms with Crippen LogP contribution in [0.2, 0.25) is 0 Å². The van der Waals surface area contributed by atoms with Crippen molar-refractivity contribution < 1.29 is 14.3 Å². The molecule has 1 aliphatic rings. The van der Waals surface area contributed by atoms with Gasteiger partial charge in [-0.25, -0.2) is 10.2 Å². The van der Waals surface area contributed by atoms with Crippen LogP contribution in [0.15, 0.2) is 0 Å². The molecule has 1 aliphatic heterocycles. The highest BCUT2D eigenvalue weighted by Gasteiger charge is 2.21. The summed E-state index contributed by atoms with van der Waals surface area (Å²) in [4.78, 5) is 22.1. The highest BCUT2D eigenvalue weighted by molar-refractivity contribution is 5.83. The first-order chi connectivity index (χ1) is 6.74. The summed E-state index contributed by atoms with van der Waals surface area (Å²) in [5, 5.41) is 3.01. The Morgan fingerprint density at radius 1 is 1.50 bits per heavy atom. The molecule has 2 amide bonds. The van der Waals surface area contributed by atoms with E-state index >= 15 is 0 Å². The number of hydrogen-bond acceptors (Lipinski definition) is 4. The van der Waals surface area contributed by atoms with Crippen LogP contribution >= 0.6 is 0 Å².